The minimum absolute atomic E-state index is 0.00886. The van der Waals surface area contributed by atoms with E-state index in [-0.39, 0.29) is 24.1 Å². The van der Waals surface area contributed by atoms with Crippen molar-refractivity contribution in [3.8, 4) is 0 Å². The highest BCUT2D eigenvalue weighted by atomic mass is 32.1. The second-order valence-corrected chi connectivity index (χ2v) is 5.41. The van der Waals surface area contributed by atoms with Gasteiger partial charge in [0.2, 0.25) is 0 Å². The molecule has 0 saturated heterocycles. The van der Waals surface area contributed by atoms with E-state index in [9.17, 15) is 9.59 Å². The summed E-state index contributed by atoms with van der Waals surface area (Å²) in [5.41, 5.74) is 0.487. The van der Waals surface area contributed by atoms with Crippen LogP contribution < -0.4 is 5.32 Å². The summed E-state index contributed by atoms with van der Waals surface area (Å²) in [5.74, 6) is -0.581. The van der Waals surface area contributed by atoms with Gasteiger partial charge in [-0.25, -0.2) is 9.78 Å². The Hall–Kier alpha value is -2.15. The van der Waals surface area contributed by atoms with Gasteiger partial charge >= 0.3 is 5.97 Å². The smallest absolute Gasteiger partial charge is 0.355 e. The zero-order chi connectivity index (χ0) is 14.7. The fraction of sp³-hybridized carbons (Fsp3) is 0.308. The number of carbonyl (C=O) groups excluding carboxylic acids is 1. The first-order chi connectivity index (χ1) is 9.49. The molecule has 0 fully saturated rings. The summed E-state index contributed by atoms with van der Waals surface area (Å²) in [6, 6.07) is 1.62. The van der Waals surface area contributed by atoms with Gasteiger partial charge < -0.3 is 14.8 Å². The van der Waals surface area contributed by atoms with Gasteiger partial charge in [0.1, 0.15) is 10.8 Å². The van der Waals surface area contributed by atoms with Crippen molar-refractivity contribution in [1.29, 1.82) is 0 Å². The predicted molar refractivity (Wildman–Crippen MR) is 73.0 cm³/mol. The second-order valence-electron chi connectivity index (χ2n) is 4.47. The van der Waals surface area contributed by atoms with Crippen LogP contribution in [0.15, 0.2) is 22.1 Å². The molecule has 0 aromatic carbocycles. The molecule has 2 N–H and O–H groups in total. The van der Waals surface area contributed by atoms with Crippen molar-refractivity contribution in [2.45, 2.75) is 26.3 Å². The first-order valence-electron chi connectivity index (χ1n) is 6.02. The molecule has 0 unspecified atom stereocenters. The lowest BCUT2D eigenvalue weighted by atomic mass is 10.1. The largest absolute Gasteiger partial charge is 0.476 e. The van der Waals surface area contributed by atoms with E-state index in [1.807, 2.05) is 13.8 Å². The Balaban J connectivity index is 2.01. The number of aromatic nitrogens is 1. The first kappa shape index (κ1) is 14.3. The number of furan rings is 1. The topological polar surface area (TPSA) is 92.4 Å². The lowest BCUT2D eigenvalue weighted by molar-refractivity contribution is 0.0691. The molecule has 106 valence electrons. The first-order valence-corrected chi connectivity index (χ1v) is 6.90. The highest BCUT2D eigenvalue weighted by Crippen LogP contribution is 2.20. The standard InChI is InChI=1S/C13H14N2O4S/c1-7(2)11-8(3-4-19-11)12(16)14-5-10-15-9(6-20-10)13(17)18/h3-4,6-7H,5H2,1-2H3,(H,14,16)(H,17,18). The summed E-state index contributed by atoms with van der Waals surface area (Å²) in [4.78, 5) is 26.6. The number of rotatable bonds is 5. The Morgan fingerprint density at radius 1 is 1.50 bits per heavy atom. The SMILES string of the molecule is CC(C)c1occc1C(=O)NCc1nc(C(=O)O)cs1. The van der Waals surface area contributed by atoms with Crippen LogP contribution in [0.3, 0.4) is 0 Å². The van der Waals surface area contributed by atoms with Gasteiger partial charge in [0.05, 0.1) is 18.4 Å². The Bertz CT molecular complexity index is 630. The van der Waals surface area contributed by atoms with Crippen LogP contribution in [-0.4, -0.2) is 22.0 Å². The van der Waals surface area contributed by atoms with Crippen molar-refractivity contribution >= 4 is 23.2 Å². The molecule has 2 aromatic heterocycles. The van der Waals surface area contributed by atoms with E-state index < -0.39 is 5.97 Å². The Morgan fingerprint density at radius 2 is 2.25 bits per heavy atom. The van der Waals surface area contributed by atoms with Crippen LogP contribution in [-0.2, 0) is 6.54 Å². The molecule has 2 aromatic rings. The van der Waals surface area contributed by atoms with E-state index in [0.717, 1.165) is 0 Å². The van der Waals surface area contributed by atoms with Crippen molar-refractivity contribution in [3.63, 3.8) is 0 Å². The molecule has 0 aliphatic rings. The fourth-order valence-corrected chi connectivity index (χ4v) is 2.40. The third kappa shape index (κ3) is 3.05. The van der Waals surface area contributed by atoms with E-state index >= 15 is 0 Å². The minimum Gasteiger partial charge on any atom is -0.476 e. The van der Waals surface area contributed by atoms with Gasteiger partial charge in [0.15, 0.2) is 5.69 Å². The summed E-state index contributed by atoms with van der Waals surface area (Å²) in [6.07, 6.45) is 1.48. The minimum atomic E-state index is -1.07. The molecule has 7 heteroatoms. The molecular formula is C13H14N2O4S. The number of carboxylic acids is 1. The summed E-state index contributed by atoms with van der Waals surface area (Å²) >= 11 is 1.20. The molecule has 0 atom stereocenters. The molecular weight excluding hydrogens is 280 g/mol. The third-order valence-corrected chi connectivity index (χ3v) is 3.48. The van der Waals surface area contributed by atoms with Gasteiger partial charge in [-0.3, -0.25) is 4.79 Å². The average molecular weight is 294 g/mol. The Morgan fingerprint density at radius 3 is 2.85 bits per heavy atom. The van der Waals surface area contributed by atoms with Crippen LogP contribution in [0.2, 0.25) is 0 Å². The second kappa shape index (κ2) is 5.87. The molecule has 0 spiro atoms. The van der Waals surface area contributed by atoms with Crippen molar-refractivity contribution < 1.29 is 19.1 Å². The molecule has 6 nitrogen and oxygen atoms in total. The third-order valence-electron chi connectivity index (χ3n) is 2.64. The van der Waals surface area contributed by atoms with Crippen LogP contribution in [0.25, 0.3) is 0 Å². The van der Waals surface area contributed by atoms with Crippen molar-refractivity contribution in [2.24, 2.45) is 0 Å². The normalized spacial score (nSPS) is 10.8. The number of aromatic carboxylic acids is 1. The Kier molecular flexibility index (Phi) is 4.19. The lowest BCUT2D eigenvalue weighted by Gasteiger charge is -2.05. The number of hydrogen-bond acceptors (Lipinski definition) is 5. The van der Waals surface area contributed by atoms with Crippen molar-refractivity contribution in [2.75, 3.05) is 0 Å². The van der Waals surface area contributed by atoms with Gasteiger partial charge in [-0.1, -0.05) is 13.8 Å². The van der Waals surface area contributed by atoms with E-state index in [0.29, 0.717) is 16.3 Å². The lowest BCUT2D eigenvalue weighted by Crippen LogP contribution is -2.23. The zero-order valence-corrected chi connectivity index (χ0v) is 11.9. The number of amides is 1. The van der Waals surface area contributed by atoms with Crippen LogP contribution in [0, 0.1) is 0 Å². The molecule has 1 amide bonds. The van der Waals surface area contributed by atoms with Crippen LogP contribution in [0.4, 0.5) is 0 Å². The molecule has 0 bridgehead atoms. The number of nitrogens with one attached hydrogen (secondary N) is 1. The Labute approximate surface area is 119 Å². The van der Waals surface area contributed by atoms with Crippen LogP contribution in [0.1, 0.15) is 51.4 Å². The molecule has 0 radical (unpaired) electrons. The van der Waals surface area contributed by atoms with Crippen molar-refractivity contribution in [3.05, 3.63) is 39.7 Å². The van der Waals surface area contributed by atoms with Gasteiger partial charge in [0, 0.05) is 11.3 Å². The van der Waals surface area contributed by atoms with E-state index in [2.05, 4.69) is 10.3 Å². The predicted octanol–water partition coefficient (Wildman–Crippen LogP) is 2.49. The van der Waals surface area contributed by atoms with Gasteiger partial charge in [-0.15, -0.1) is 11.3 Å². The molecule has 0 aliphatic carbocycles. The summed E-state index contributed by atoms with van der Waals surface area (Å²) in [7, 11) is 0. The molecule has 2 heterocycles. The maximum atomic E-state index is 12.0. The monoisotopic (exact) mass is 294 g/mol. The number of carbonyl (C=O) groups is 2. The number of carboxylic acid groups (broad SMARTS) is 1. The molecule has 2 rings (SSSR count). The fourth-order valence-electron chi connectivity index (χ4n) is 1.70. The van der Waals surface area contributed by atoms with E-state index in [4.69, 9.17) is 9.52 Å². The maximum Gasteiger partial charge on any atom is 0.355 e. The average Bonchev–Trinajstić information content (AvgIpc) is 3.04. The summed E-state index contributed by atoms with van der Waals surface area (Å²) in [5, 5.41) is 13.5. The molecule has 0 aliphatic heterocycles. The summed E-state index contributed by atoms with van der Waals surface area (Å²) in [6.45, 7) is 4.07. The number of thiazole rings is 1. The van der Waals surface area contributed by atoms with Crippen LogP contribution >= 0.6 is 11.3 Å². The van der Waals surface area contributed by atoms with Gasteiger partial charge in [-0.2, -0.15) is 0 Å². The maximum absolute atomic E-state index is 12.0. The van der Waals surface area contributed by atoms with E-state index in [1.165, 1.54) is 23.0 Å². The van der Waals surface area contributed by atoms with Gasteiger partial charge in [0.25, 0.3) is 5.91 Å². The number of hydrogen-bond donors (Lipinski definition) is 2. The zero-order valence-electron chi connectivity index (χ0n) is 11.0. The molecule has 0 saturated carbocycles. The quantitative estimate of drug-likeness (QED) is 0.883. The van der Waals surface area contributed by atoms with Gasteiger partial charge in [-0.05, 0) is 6.07 Å². The highest BCUT2D eigenvalue weighted by Gasteiger charge is 2.17. The highest BCUT2D eigenvalue weighted by molar-refractivity contribution is 7.09. The van der Waals surface area contributed by atoms with Crippen molar-refractivity contribution in [1.82, 2.24) is 10.3 Å². The number of nitrogens with zero attached hydrogens (tertiary/aromatic N) is 1. The van der Waals surface area contributed by atoms with Crippen LogP contribution in [0.5, 0.6) is 0 Å². The van der Waals surface area contributed by atoms with E-state index in [1.54, 1.807) is 6.07 Å². The molecule has 20 heavy (non-hydrogen) atoms. The summed E-state index contributed by atoms with van der Waals surface area (Å²) < 4.78 is 5.28.